The van der Waals surface area contributed by atoms with Crippen molar-refractivity contribution in [2.45, 2.75) is 32.4 Å². The standard InChI is InChI=1S/C29H32F2N8O2/c1-19-4-2-5-20(14-19)17-39-18-33-25-26(32-16-22-6-3-13-41-22)35-28(36-27(25)39)37-9-11-38(12-10-37)29(40)34-24-8-7-21(30)15-23(24)31/h2,4-5,7-8,14-15,18,22H,3,6,9-13,16-17H2,1H3,(H,34,40)(H,32,35,36). The first kappa shape index (κ1) is 26.9. The van der Waals surface area contributed by atoms with Gasteiger partial charge in [0, 0.05) is 45.4 Å². The Morgan fingerprint density at radius 1 is 1.10 bits per heavy atom. The summed E-state index contributed by atoms with van der Waals surface area (Å²) in [6.07, 6.45) is 3.97. The molecule has 10 nitrogen and oxygen atoms in total. The Morgan fingerprint density at radius 2 is 1.95 bits per heavy atom. The van der Waals surface area contributed by atoms with Crippen molar-refractivity contribution in [3.63, 3.8) is 0 Å². The number of hydrogen-bond donors (Lipinski definition) is 2. The van der Waals surface area contributed by atoms with Crippen molar-refractivity contribution in [1.82, 2.24) is 24.4 Å². The van der Waals surface area contributed by atoms with Crippen molar-refractivity contribution in [3.05, 3.63) is 71.6 Å². The second-order valence-corrected chi connectivity index (χ2v) is 10.5. The molecule has 0 spiro atoms. The van der Waals surface area contributed by atoms with Crippen LogP contribution >= 0.6 is 0 Å². The highest BCUT2D eigenvalue weighted by Gasteiger charge is 2.26. The van der Waals surface area contributed by atoms with Gasteiger partial charge in [0.2, 0.25) is 5.95 Å². The number of carbonyl (C=O) groups is 1. The number of amides is 2. The van der Waals surface area contributed by atoms with Crippen LogP contribution in [0.25, 0.3) is 11.2 Å². The number of nitrogens with zero attached hydrogens (tertiary/aromatic N) is 6. The van der Waals surface area contributed by atoms with Gasteiger partial charge in [-0.3, -0.25) is 0 Å². The summed E-state index contributed by atoms with van der Waals surface area (Å²) in [6.45, 7) is 5.84. The fourth-order valence-electron chi connectivity index (χ4n) is 5.23. The number of halogens is 2. The third-order valence-electron chi connectivity index (χ3n) is 7.43. The fourth-order valence-corrected chi connectivity index (χ4v) is 5.23. The van der Waals surface area contributed by atoms with Crippen molar-refractivity contribution < 1.29 is 18.3 Å². The fraction of sp³-hybridized carbons (Fsp3) is 0.379. The molecule has 0 aliphatic carbocycles. The first-order chi connectivity index (χ1) is 19.9. The Bertz CT molecular complexity index is 1550. The van der Waals surface area contributed by atoms with E-state index in [1.165, 1.54) is 11.6 Å². The number of hydrogen-bond acceptors (Lipinski definition) is 7. The highest BCUT2D eigenvalue weighted by molar-refractivity contribution is 5.89. The molecule has 6 rings (SSSR count). The maximum atomic E-state index is 14.0. The second kappa shape index (κ2) is 11.7. The number of piperazine rings is 1. The minimum atomic E-state index is -0.816. The van der Waals surface area contributed by atoms with Crippen LogP contribution in [0.4, 0.5) is 31.0 Å². The topological polar surface area (TPSA) is 100 Å². The van der Waals surface area contributed by atoms with E-state index in [2.05, 4.69) is 40.7 Å². The molecule has 2 aliphatic rings. The van der Waals surface area contributed by atoms with Crippen LogP contribution in [0.1, 0.15) is 24.0 Å². The molecule has 41 heavy (non-hydrogen) atoms. The summed E-state index contributed by atoms with van der Waals surface area (Å²) >= 11 is 0. The molecule has 2 N–H and O–H groups in total. The molecular formula is C29H32F2N8O2. The third-order valence-corrected chi connectivity index (χ3v) is 7.43. The van der Waals surface area contributed by atoms with Gasteiger partial charge in [-0.05, 0) is 37.5 Å². The number of urea groups is 1. The van der Waals surface area contributed by atoms with E-state index < -0.39 is 17.7 Å². The van der Waals surface area contributed by atoms with Gasteiger partial charge in [-0.2, -0.15) is 9.97 Å². The molecule has 2 aromatic carbocycles. The van der Waals surface area contributed by atoms with Gasteiger partial charge in [0.05, 0.1) is 24.7 Å². The maximum Gasteiger partial charge on any atom is 0.322 e. The van der Waals surface area contributed by atoms with Gasteiger partial charge in [-0.15, -0.1) is 0 Å². The number of carbonyl (C=O) groups excluding carboxylic acids is 1. The number of benzene rings is 2. The summed E-state index contributed by atoms with van der Waals surface area (Å²) in [6, 6.07) is 11.0. The zero-order valence-corrected chi connectivity index (χ0v) is 22.8. The van der Waals surface area contributed by atoms with Crippen LogP contribution in [0, 0.1) is 18.6 Å². The quantitative estimate of drug-likeness (QED) is 0.344. The molecule has 2 fully saturated rings. The SMILES string of the molecule is Cc1cccc(Cn2cnc3c(NCC4CCCO4)nc(N4CCN(C(=O)Nc5ccc(F)cc5F)CC4)nc32)c1. The molecule has 0 bridgehead atoms. The van der Waals surface area contributed by atoms with Crippen LogP contribution in [-0.4, -0.2) is 75.9 Å². The number of aromatic nitrogens is 4. The lowest BCUT2D eigenvalue weighted by Crippen LogP contribution is -2.50. The van der Waals surface area contributed by atoms with Crippen molar-refractivity contribution >= 4 is 34.6 Å². The first-order valence-electron chi connectivity index (χ1n) is 13.8. The highest BCUT2D eigenvalue weighted by Crippen LogP contribution is 2.25. The van der Waals surface area contributed by atoms with Crippen molar-refractivity contribution in [2.24, 2.45) is 0 Å². The van der Waals surface area contributed by atoms with E-state index in [9.17, 15) is 13.6 Å². The maximum absolute atomic E-state index is 14.0. The number of imidazole rings is 1. The molecule has 4 aromatic rings. The van der Waals surface area contributed by atoms with Gasteiger partial charge in [0.1, 0.15) is 11.6 Å². The number of nitrogens with one attached hydrogen (secondary N) is 2. The van der Waals surface area contributed by atoms with Gasteiger partial charge in [-0.1, -0.05) is 29.8 Å². The second-order valence-electron chi connectivity index (χ2n) is 10.5. The van der Waals surface area contributed by atoms with E-state index in [1.807, 2.05) is 15.5 Å². The van der Waals surface area contributed by atoms with Crippen LogP contribution in [0.3, 0.4) is 0 Å². The molecule has 1 unspecified atom stereocenters. The van der Waals surface area contributed by atoms with Crippen molar-refractivity contribution in [1.29, 1.82) is 0 Å². The Hall–Kier alpha value is -4.32. The number of ether oxygens (including phenoxy) is 1. The molecule has 2 aromatic heterocycles. The largest absolute Gasteiger partial charge is 0.376 e. The number of fused-ring (bicyclic) bond motifs is 1. The number of aryl methyl sites for hydroxylation is 1. The Morgan fingerprint density at radius 3 is 2.71 bits per heavy atom. The average Bonchev–Trinajstić information content (AvgIpc) is 3.64. The lowest BCUT2D eigenvalue weighted by Gasteiger charge is -2.34. The zero-order valence-electron chi connectivity index (χ0n) is 22.8. The Balaban J connectivity index is 1.21. The number of rotatable bonds is 7. The van der Waals surface area contributed by atoms with Gasteiger partial charge >= 0.3 is 6.03 Å². The summed E-state index contributed by atoms with van der Waals surface area (Å²) in [4.78, 5) is 30.8. The predicted molar refractivity (Wildman–Crippen MR) is 152 cm³/mol. The van der Waals surface area contributed by atoms with E-state index in [0.717, 1.165) is 42.8 Å². The Kier molecular flexibility index (Phi) is 7.64. The molecule has 12 heteroatoms. The van der Waals surface area contributed by atoms with Crippen LogP contribution in [0.5, 0.6) is 0 Å². The summed E-state index contributed by atoms with van der Waals surface area (Å²) in [7, 11) is 0. The third kappa shape index (κ3) is 6.07. The van der Waals surface area contributed by atoms with Crippen LogP contribution < -0.4 is 15.5 Å². The first-order valence-corrected chi connectivity index (χ1v) is 13.8. The summed E-state index contributed by atoms with van der Waals surface area (Å²) in [5, 5.41) is 5.98. The molecular weight excluding hydrogens is 530 g/mol. The summed E-state index contributed by atoms with van der Waals surface area (Å²) < 4.78 is 35.1. The minimum absolute atomic E-state index is 0.0588. The van der Waals surface area contributed by atoms with Crippen molar-refractivity contribution in [2.75, 3.05) is 54.9 Å². The minimum Gasteiger partial charge on any atom is -0.376 e. The molecule has 0 radical (unpaired) electrons. The Labute approximate surface area is 236 Å². The van der Waals surface area contributed by atoms with E-state index in [0.29, 0.717) is 56.6 Å². The molecule has 214 valence electrons. The van der Waals surface area contributed by atoms with Gasteiger partial charge < -0.3 is 29.7 Å². The molecule has 0 saturated carbocycles. The van der Waals surface area contributed by atoms with E-state index in [-0.39, 0.29) is 11.8 Å². The van der Waals surface area contributed by atoms with E-state index in [1.54, 1.807) is 11.2 Å². The van der Waals surface area contributed by atoms with Gasteiger partial charge in [0.15, 0.2) is 17.0 Å². The van der Waals surface area contributed by atoms with Crippen LogP contribution in [0.2, 0.25) is 0 Å². The summed E-state index contributed by atoms with van der Waals surface area (Å²) in [5.74, 6) is -0.321. The lowest BCUT2D eigenvalue weighted by atomic mass is 10.1. The molecule has 1 atom stereocenters. The molecule has 2 saturated heterocycles. The zero-order chi connectivity index (χ0) is 28.3. The molecule has 2 amide bonds. The average molecular weight is 563 g/mol. The van der Waals surface area contributed by atoms with Crippen LogP contribution in [-0.2, 0) is 11.3 Å². The predicted octanol–water partition coefficient (Wildman–Crippen LogP) is 4.41. The van der Waals surface area contributed by atoms with Crippen LogP contribution in [0.15, 0.2) is 48.8 Å². The van der Waals surface area contributed by atoms with E-state index in [4.69, 9.17) is 14.7 Å². The smallest absolute Gasteiger partial charge is 0.322 e. The molecule has 2 aliphatic heterocycles. The highest BCUT2D eigenvalue weighted by atomic mass is 19.1. The monoisotopic (exact) mass is 562 g/mol. The summed E-state index contributed by atoms with van der Waals surface area (Å²) in [5.41, 5.74) is 3.69. The molecule has 4 heterocycles. The normalized spacial score (nSPS) is 17.3. The lowest BCUT2D eigenvalue weighted by molar-refractivity contribution is 0.120. The van der Waals surface area contributed by atoms with Crippen molar-refractivity contribution in [3.8, 4) is 0 Å². The van der Waals surface area contributed by atoms with Gasteiger partial charge in [-0.25, -0.2) is 18.6 Å². The van der Waals surface area contributed by atoms with Gasteiger partial charge in [0.25, 0.3) is 0 Å². The number of anilines is 3. The van der Waals surface area contributed by atoms with E-state index >= 15 is 0 Å².